The minimum absolute atomic E-state index is 0.0318. The molecule has 0 fully saturated rings. The van der Waals surface area contributed by atoms with Crippen LogP contribution in [0.1, 0.15) is 47.8 Å². The van der Waals surface area contributed by atoms with Gasteiger partial charge in [-0.25, -0.2) is 13.2 Å². The number of halogens is 3. The van der Waals surface area contributed by atoms with Gasteiger partial charge in [0, 0.05) is 11.8 Å². The van der Waals surface area contributed by atoms with E-state index in [1.807, 2.05) is 0 Å². The number of phenolic OH excluding ortho intramolecular Hbond substituents is 1. The summed E-state index contributed by atoms with van der Waals surface area (Å²) < 4.78 is 75.4. The Hall–Kier alpha value is -4.06. The van der Waals surface area contributed by atoms with Crippen LogP contribution in [-0.4, -0.2) is 42.4 Å². The minimum atomic E-state index is -4.90. The molecule has 0 atom stereocenters. The number of rotatable bonds is 8. The number of phenols is 1. The van der Waals surface area contributed by atoms with Crippen molar-refractivity contribution in [2.75, 3.05) is 6.26 Å². The van der Waals surface area contributed by atoms with Crippen LogP contribution in [0.25, 0.3) is 11.1 Å². The number of carboxylic acid groups (broad SMARTS) is 1. The third-order valence-electron chi connectivity index (χ3n) is 5.56. The fourth-order valence-corrected chi connectivity index (χ4v) is 4.79. The molecule has 3 aromatic carbocycles. The van der Waals surface area contributed by atoms with Gasteiger partial charge < -0.3 is 19.7 Å². The number of hydrogen-bond donors (Lipinski definition) is 2. The van der Waals surface area contributed by atoms with Crippen molar-refractivity contribution in [3.63, 3.8) is 0 Å². The van der Waals surface area contributed by atoms with Crippen molar-refractivity contribution in [2.24, 2.45) is 0 Å². The quantitative estimate of drug-likeness (QED) is 0.328. The smallest absolute Gasteiger partial charge is 0.419 e. The van der Waals surface area contributed by atoms with E-state index in [1.165, 1.54) is 45.0 Å². The van der Waals surface area contributed by atoms with Gasteiger partial charge in [0.15, 0.2) is 9.84 Å². The number of ether oxygens (including phenoxy) is 2. The molecule has 0 aliphatic carbocycles. The molecule has 0 heterocycles. The molecule has 2 N–H and O–H groups in total. The minimum Gasteiger partial charge on any atom is -0.506 e. The Morgan fingerprint density at radius 1 is 0.900 bits per heavy atom. The second-order valence-electron chi connectivity index (χ2n) is 9.97. The molecule has 0 unspecified atom stereocenters. The van der Waals surface area contributed by atoms with Crippen molar-refractivity contribution in [3.05, 3.63) is 76.9 Å². The number of sulfone groups is 1. The molecule has 214 valence electrons. The Bertz CT molecular complexity index is 1540. The van der Waals surface area contributed by atoms with Crippen LogP contribution in [0.15, 0.2) is 59.5 Å². The summed E-state index contributed by atoms with van der Waals surface area (Å²) in [6.45, 7) is 4.23. The van der Waals surface area contributed by atoms with E-state index < -0.39 is 56.9 Å². The highest BCUT2D eigenvalue weighted by Crippen LogP contribution is 2.39. The molecular formula is C28H27F3O8S. The molecule has 8 nitrogen and oxygen atoms in total. The molecule has 0 amide bonds. The number of carbonyl (C=O) groups excluding carboxylic acids is 1. The molecule has 12 heteroatoms. The van der Waals surface area contributed by atoms with Crippen LogP contribution in [0.5, 0.6) is 11.5 Å². The van der Waals surface area contributed by atoms with Crippen molar-refractivity contribution >= 4 is 21.8 Å². The van der Waals surface area contributed by atoms with E-state index in [9.17, 15) is 36.3 Å². The maximum atomic E-state index is 13.4. The molecule has 3 aromatic rings. The van der Waals surface area contributed by atoms with Gasteiger partial charge >= 0.3 is 18.1 Å². The van der Waals surface area contributed by atoms with Gasteiger partial charge in [0.1, 0.15) is 29.3 Å². The highest BCUT2D eigenvalue weighted by atomic mass is 32.2. The Labute approximate surface area is 228 Å². The van der Waals surface area contributed by atoms with Gasteiger partial charge in [0.2, 0.25) is 0 Å². The van der Waals surface area contributed by atoms with Crippen LogP contribution >= 0.6 is 0 Å². The standard InChI is InChI=1S/C28H27F3O8S/c1-27(2,3)39-26(35)24-19(9-12-21(25(24)34)28(29,30)31)15-38-20-10-7-16(8-11-20)17-5-6-18(14-23(32)33)22(13-17)40(4,36)37/h5-13,34H,14-15H2,1-4H3,(H,32,33). The van der Waals surface area contributed by atoms with Gasteiger partial charge in [-0.2, -0.15) is 13.2 Å². The highest BCUT2D eigenvalue weighted by molar-refractivity contribution is 7.90. The van der Waals surface area contributed by atoms with Crippen LogP contribution in [0.4, 0.5) is 13.2 Å². The number of aromatic hydroxyl groups is 1. The zero-order valence-corrected chi connectivity index (χ0v) is 22.8. The lowest BCUT2D eigenvalue weighted by molar-refractivity contribution is -0.139. The average Bonchev–Trinajstić information content (AvgIpc) is 2.80. The molecule has 0 bridgehead atoms. The summed E-state index contributed by atoms with van der Waals surface area (Å²) in [5, 5.41) is 19.4. The van der Waals surface area contributed by atoms with E-state index in [0.717, 1.165) is 12.3 Å². The van der Waals surface area contributed by atoms with Crippen LogP contribution in [0.2, 0.25) is 0 Å². The molecule has 0 aliphatic rings. The van der Waals surface area contributed by atoms with Gasteiger partial charge in [-0.15, -0.1) is 0 Å². The lowest BCUT2D eigenvalue weighted by atomic mass is 10.0. The van der Waals surface area contributed by atoms with Gasteiger partial charge in [0.25, 0.3) is 0 Å². The van der Waals surface area contributed by atoms with Gasteiger partial charge in [-0.1, -0.05) is 30.3 Å². The zero-order chi connectivity index (χ0) is 30.0. The summed E-state index contributed by atoms with van der Waals surface area (Å²) >= 11 is 0. The SMILES string of the molecule is CC(C)(C)OC(=O)c1c(COc2ccc(-c3ccc(CC(=O)O)c(S(C)(=O)=O)c3)cc2)ccc(C(F)(F)F)c1O. The molecular weight excluding hydrogens is 553 g/mol. The van der Waals surface area contributed by atoms with Crippen molar-refractivity contribution in [1.82, 2.24) is 0 Å². The van der Waals surface area contributed by atoms with E-state index in [4.69, 9.17) is 14.6 Å². The molecule has 0 saturated carbocycles. The predicted molar refractivity (Wildman–Crippen MR) is 139 cm³/mol. The molecule has 0 radical (unpaired) electrons. The first-order valence-corrected chi connectivity index (χ1v) is 13.7. The summed E-state index contributed by atoms with van der Waals surface area (Å²) in [6.07, 6.45) is -4.38. The van der Waals surface area contributed by atoms with E-state index >= 15 is 0 Å². The maximum absolute atomic E-state index is 13.4. The monoisotopic (exact) mass is 580 g/mol. The van der Waals surface area contributed by atoms with Crippen molar-refractivity contribution in [1.29, 1.82) is 0 Å². The number of carbonyl (C=O) groups is 2. The fourth-order valence-electron chi connectivity index (χ4n) is 3.83. The largest absolute Gasteiger partial charge is 0.506 e. The summed E-state index contributed by atoms with van der Waals surface area (Å²) in [4.78, 5) is 23.7. The predicted octanol–water partition coefficient (Wildman–Crippen LogP) is 5.64. The molecule has 0 aromatic heterocycles. The Morgan fingerprint density at radius 3 is 2.00 bits per heavy atom. The summed E-state index contributed by atoms with van der Waals surface area (Å²) in [5.41, 5.74) is -1.87. The third kappa shape index (κ3) is 7.53. The Morgan fingerprint density at radius 2 is 1.48 bits per heavy atom. The first-order valence-electron chi connectivity index (χ1n) is 11.8. The number of carboxylic acids is 1. The Balaban J connectivity index is 1.89. The number of aliphatic carboxylic acids is 1. The number of benzene rings is 3. The summed E-state index contributed by atoms with van der Waals surface area (Å²) in [7, 11) is -3.71. The fraction of sp³-hybridized carbons (Fsp3) is 0.286. The van der Waals surface area contributed by atoms with Crippen LogP contribution in [0, 0.1) is 0 Å². The van der Waals surface area contributed by atoms with E-state index in [0.29, 0.717) is 17.2 Å². The van der Waals surface area contributed by atoms with Crippen molar-refractivity contribution in [2.45, 2.75) is 50.5 Å². The first-order chi connectivity index (χ1) is 18.4. The molecule has 0 aliphatic heterocycles. The van der Waals surface area contributed by atoms with Crippen LogP contribution < -0.4 is 4.74 Å². The second kappa shape index (κ2) is 11.2. The number of hydrogen-bond acceptors (Lipinski definition) is 7. The third-order valence-corrected chi connectivity index (χ3v) is 6.74. The summed E-state index contributed by atoms with van der Waals surface area (Å²) in [5.74, 6) is -3.30. The zero-order valence-electron chi connectivity index (χ0n) is 22.0. The number of esters is 1. The summed E-state index contributed by atoms with van der Waals surface area (Å²) in [6, 6.07) is 12.3. The topological polar surface area (TPSA) is 127 Å². The molecule has 3 rings (SSSR count). The lowest BCUT2D eigenvalue weighted by Gasteiger charge is -2.22. The van der Waals surface area contributed by atoms with Crippen molar-refractivity contribution in [3.8, 4) is 22.6 Å². The van der Waals surface area contributed by atoms with E-state index in [2.05, 4.69) is 0 Å². The van der Waals surface area contributed by atoms with E-state index in [-0.39, 0.29) is 28.4 Å². The second-order valence-corrected chi connectivity index (χ2v) is 12.0. The highest BCUT2D eigenvalue weighted by Gasteiger charge is 2.37. The molecule has 0 spiro atoms. The molecule has 0 saturated heterocycles. The van der Waals surface area contributed by atoms with Gasteiger partial charge in [0.05, 0.1) is 16.9 Å². The average molecular weight is 581 g/mol. The lowest BCUT2D eigenvalue weighted by Crippen LogP contribution is -2.25. The molecule has 40 heavy (non-hydrogen) atoms. The van der Waals surface area contributed by atoms with Crippen molar-refractivity contribution < 1.29 is 50.9 Å². The first kappa shape index (κ1) is 30.5. The Kier molecular flexibility index (Phi) is 8.54. The van der Waals surface area contributed by atoms with E-state index in [1.54, 1.807) is 18.2 Å². The van der Waals surface area contributed by atoms with Gasteiger partial charge in [-0.05, 0) is 61.7 Å². The van der Waals surface area contributed by atoms with Crippen LogP contribution in [0.3, 0.4) is 0 Å². The van der Waals surface area contributed by atoms with Gasteiger partial charge in [-0.3, -0.25) is 4.79 Å². The normalized spacial score (nSPS) is 12.2. The number of alkyl halides is 3. The maximum Gasteiger partial charge on any atom is 0.419 e. The van der Waals surface area contributed by atoms with Crippen LogP contribution in [-0.2, 0) is 38.6 Å².